The van der Waals surface area contributed by atoms with Crippen molar-refractivity contribution < 1.29 is 22.8 Å². The van der Waals surface area contributed by atoms with Gasteiger partial charge in [0, 0.05) is 26.5 Å². The zero-order valence-electron chi connectivity index (χ0n) is 15.4. The summed E-state index contributed by atoms with van der Waals surface area (Å²) in [4.78, 5) is 29.2. The summed E-state index contributed by atoms with van der Waals surface area (Å²) < 4.78 is 41.9. The predicted molar refractivity (Wildman–Crippen MR) is 125 cm³/mol. The molecule has 2 N–H and O–H groups in total. The average molecular weight is 676 g/mol. The summed E-state index contributed by atoms with van der Waals surface area (Å²) in [5, 5.41) is 8.48. The average Bonchev–Trinajstić information content (AvgIpc) is 3.15. The Morgan fingerprint density at radius 2 is 1.87 bits per heavy atom. The van der Waals surface area contributed by atoms with Gasteiger partial charge in [-0.15, -0.1) is 0 Å². The van der Waals surface area contributed by atoms with E-state index in [-0.39, 0.29) is 22.1 Å². The van der Waals surface area contributed by atoms with Gasteiger partial charge in [0.25, 0.3) is 11.8 Å². The van der Waals surface area contributed by atoms with Gasteiger partial charge in [0.15, 0.2) is 11.5 Å². The van der Waals surface area contributed by atoms with Gasteiger partial charge in [0.2, 0.25) is 0 Å². The number of carbonyl (C=O) groups excluding carboxylic acids is 2. The van der Waals surface area contributed by atoms with Crippen LogP contribution in [0.4, 0.5) is 18.9 Å². The molecule has 2 aromatic heterocycles. The molecule has 0 aliphatic carbocycles. The van der Waals surface area contributed by atoms with Crippen molar-refractivity contribution in [2.75, 3.05) is 12.4 Å². The molecule has 2 amide bonds. The van der Waals surface area contributed by atoms with Crippen molar-refractivity contribution in [2.45, 2.75) is 6.18 Å². The lowest BCUT2D eigenvalue weighted by Gasteiger charge is -2.14. The quantitative estimate of drug-likeness (QED) is 0.391. The maximum Gasteiger partial charge on any atom is 0.435 e. The molecule has 3 rings (SSSR count). The van der Waals surface area contributed by atoms with Gasteiger partial charge in [0.1, 0.15) is 5.69 Å². The molecule has 2 heterocycles. The summed E-state index contributed by atoms with van der Waals surface area (Å²) in [7, 11) is 1.43. The smallest absolute Gasteiger partial charge is 0.355 e. The van der Waals surface area contributed by atoms with Crippen LogP contribution in [0.2, 0.25) is 5.02 Å². The van der Waals surface area contributed by atoms with E-state index in [1.807, 2.05) is 45.2 Å². The highest BCUT2D eigenvalue weighted by molar-refractivity contribution is 14.1. The third kappa shape index (κ3) is 5.11. The molecular formula is C18H11ClF3I2N5O2. The third-order valence-corrected chi connectivity index (χ3v) is 5.71. The van der Waals surface area contributed by atoms with E-state index in [0.717, 1.165) is 8.25 Å². The molecule has 31 heavy (non-hydrogen) atoms. The lowest BCUT2D eigenvalue weighted by molar-refractivity contribution is -0.141. The van der Waals surface area contributed by atoms with E-state index in [2.05, 4.69) is 20.7 Å². The molecule has 0 saturated carbocycles. The van der Waals surface area contributed by atoms with E-state index in [0.29, 0.717) is 9.64 Å². The molecule has 0 aliphatic heterocycles. The van der Waals surface area contributed by atoms with Crippen LogP contribution in [0.3, 0.4) is 0 Å². The third-order valence-electron chi connectivity index (χ3n) is 3.94. The first-order valence-corrected chi connectivity index (χ1v) is 10.9. The monoisotopic (exact) mass is 675 g/mol. The first-order chi connectivity index (χ1) is 14.5. The number of alkyl halides is 3. The molecule has 7 nitrogen and oxygen atoms in total. The van der Waals surface area contributed by atoms with Crippen LogP contribution in [0.5, 0.6) is 0 Å². The van der Waals surface area contributed by atoms with Gasteiger partial charge in [-0.25, -0.2) is 9.67 Å². The minimum absolute atomic E-state index is 0.00303. The molecule has 3 aromatic rings. The fourth-order valence-corrected chi connectivity index (χ4v) is 4.75. The SMILES string of the molecule is CNC(=O)c1cc(I)cc(I)c1NC(=O)c1cc(C(F)(F)F)nn1-c1ncccc1Cl. The second kappa shape index (κ2) is 9.28. The van der Waals surface area contributed by atoms with Crippen LogP contribution in [0.15, 0.2) is 36.5 Å². The van der Waals surface area contributed by atoms with Crippen LogP contribution < -0.4 is 10.6 Å². The number of hydrogen-bond donors (Lipinski definition) is 2. The summed E-state index contributed by atoms with van der Waals surface area (Å²) in [6, 6.07) is 6.75. The minimum atomic E-state index is -4.80. The Hall–Kier alpha value is -1.94. The zero-order valence-corrected chi connectivity index (χ0v) is 20.5. The Morgan fingerprint density at radius 3 is 2.48 bits per heavy atom. The first kappa shape index (κ1) is 23.7. The lowest BCUT2D eigenvalue weighted by atomic mass is 10.1. The molecular weight excluding hydrogens is 664 g/mol. The van der Waals surface area contributed by atoms with Crippen molar-refractivity contribution in [1.82, 2.24) is 20.1 Å². The number of pyridine rings is 1. The molecule has 0 saturated heterocycles. The van der Waals surface area contributed by atoms with E-state index in [1.165, 1.54) is 25.4 Å². The first-order valence-electron chi connectivity index (χ1n) is 8.33. The number of anilines is 1. The van der Waals surface area contributed by atoms with Crippen molar-refractivity contribution >= 4 is 74.3 Å². The summed E-state index contributed by atoms with van der Waals surface area (Å²) in [5.41, 5.74) is -1.43. The van der Waals surface area contributed by atoms with Crippen LogP contribution in [-0.4, -0.2) is 33.6 Å². The predicted octanol–water partition coefficient (Wildman–Crippen LogP) is 4.76. The molecule has 13 heteroatoms. The number of nitrogens with zero attached hydrogens (tertiary/aromatic N) is 3. The van der Waals surface area contributed by atoms with Gasteiger partial charge in [-0.05, 0) is 69.4 Å². The summed E-state index contributed by atoms with van der Waals surface area (Å²) >= 11 is 9.99. The minimum Gasteiger partial charge on any atom is -0.355 e. The Balaban J connectivity index is 2.12. The normalized spacial score (nSPS) is 11.3. The van der Waals surface area contributed by atoms with E-state index in [9.17, 15) is 22.8 Å². The lowest BCUT2D eigenvalue weighted by Crippen LogP contribution is -2.24. The Bertz CT molecular complexity index is 1180. The maximum absolute atomic E-state index is 13.3. The number of aromatic nitrogens is 3. The number of halogens is 6. The van der Waals surface area contributed by atoms with Crippen LogP contribution in [0.25, 0.3) is 5.82 Å². The van der Waals surface area contributed by atoms with Crippen LogP contribution in [0, 0.1) is 7.14 Å². The fraction of sp³-hybridized carbons (Fsp3) is 0.111. The van der Waals surface area contributed by atoms with E-state index < -0.39 is 29.4 Å². The highest BCUT2D eigenvalue weighted by Crippen LogP contribution is 2.32. The van der Waals surface area contributed by atoms with Gasteiger partial charge in [-0.2, -0.15) is 18.3 Å². The Morgan fingerprint density at radius 1 is 1.16 bits per heavy atom. The number of carbonyl (C=O) groups is 2. The molecule has 162 valence electrons. The van der Waals surface area contributed by atoms with Crippen LogP contribution in [-0.2, 0) is 6.18 Å². The largest absolute Gasteiger partial charge is 0.435 e. The Kier molecular flexibility index (Phi) is 7.10. The summed E-state index contributed by atoms with van der Waals surface area (Å²) in [5.74, 6) is -1.54. The highest BCUT2D eigenvalue weighted by Gasteiger charge is 2.36. The number of rotatable bonds is 4. The number of nitrogens with one attached hydrogen (secondary N) is 2. The second-order valence-electron chi connectivity index (χ2n) is 5.98. The Labute approximate surface area is 206 Å². The van der Waals surface area contributed by atoms with Crippen molar-refractivity contribution in [3.63, 3.8) is 0 Å². The molecule has 0 atom stereocenters. The van der Waals surface area contributed by atoms with Crippen LogP contribution >= 0.6 is 56.8 Å². The summed E-state index contributed by atoms with van der Waals surface area (Å²) in [6.07, 6.45) is -3.49. The number of benzene rings is 1. The molecule has 1 aromatic carbocycles. The molecule has 0 unspecified atom stereocenters. The molecule has 0 radical (unpaired) electrons. The molecule has 0 fully saturated rings. The van der Waals surface area contributed by atoms with Gasteiger partial charge in [0.05, 0.1) is 16.3 Å². The van der Waals surface area contributed by atoms with Crippen LogP contribution in [0.1, 0.15) is 26.5 Å². The second-order valence-corrected chi connectivity index (χ2v) is 8.79. The summed E-state index contributed by atoms with van der Waals surface area (Å²) in [6.45, 7) is 0. The fourth-order valence-electron chi connectivity index (χ4n) is 2.57. The highest BCUT2D eigenvalue weighted by atomic mass is 127. The molecule has 0 aliphatic rings. The van der Waals surface area contributed by atoms with E-state index in [4.69, 9.17) is 11.6 Å². The number of hydrogen-bond acceptors (Lipinski definition) is 4. The number of amides is 2. The van der Waals surface area contributed by atoms with Crippen molar-refractivity contribution in [1.29, 1.82) is 0 Å². The van der Waals surface area contributed by atoms with Crippen molar-refractivity contribution in [3.05, 3.63) is 65.6 Å². The van der Waals surface area contributed by atoms with Gasteiger partial charge < -0.3 is 10.6 Å². The standard InChI is InChI=1S/C18H11ClF3I2N5O2/c1-25-16(30)9-5-8(23)6-11(24)14(9)27-17(31)12-7-13(18(20,21)22)28-29(12)15-10(19)3-2-4-26-15/h2-7H,1H3,(H,25,30)(H,27,31). The van der Waals surface area contributed by atoms with E-state index >= 15 is 0 Å². The van der Waals surface area contributed by atoms with Gasteiger partial charge in [-0.3, -0.25) is 9.59 Å². The van der Waals surface area contributed by atoms with Gasteiger partial charge >= 0.3 is 6.18 Å². The van der Waals surface area contributed by atoms with E-state index in [1.54, 1.807) is 12.1 Å². The topological polar surface area (TPSA) is 88.9 Å². The van der Waals surface area contributed by atoms with Gasteiger partial charge in [-0.1, -0.05) is 11.6 Å². The van der Waals surface area contributed by atoms with Crippen molar-refractivity contribution in [3.8, 4) is 5.82 Å². The molecule has 0 bridgehead atoms. The molecule has 0 spiro atoms. The zero-order chi connectivity index (χ0) is 22.9. The maximum atomic E-state index is 13.3. The van der Waals surface area contributed by atoms with Crippen molar-refractivity contribution in [2.24, 2.45) is 0 Å².